The van der Waals surface area contributed by atoms with Crippen molar-refractivity contribution in [3.8, 4) is 11.5 Å². The zero-order valence-electron chi connectivity index (χ0n) is 10.6. The first kappa shape index (κ1) is 13.8. The fourth-order valence-electron chi connectivity index (χ4n) is 1.40. The minimum absolute atomic E-state index is 0.0713. The molecule has 0 saturated heterocycles. The van der Waals surface area contributed by atoms with E-state index in [9.17, 15) is 4.39 Å². The minimum Gasteiger partial charge on any atom is -0.497 e. The molecule has 0 aliphatic carbocycles. The third-order valence-corrected chi connectivity index (χ3v) is 2.31. The van der Waals surface area contributed by atoms with Crippen LogP contribution in [0, 0.1) is 0 Å². The molecule has 1 N–H and O–H groups in total. The number of ether oxygens (including phenoxy) is 2. The van der Waals surface area contributed by atoms with Crippen LogP contribution in [0.3, 0.4) is 0 Å². The second-order valence-corrected chi connectivity index (χ2v) is 4.05. The Morgan fingerprint density at radius 1 is 1.35 bits per heavy atom. The first-order valence-corrected chi connectivity index (χ1v) is 5.76. The molecule has 0 fully saturated rings. The summed E-state index contributed by atoms with van der Waals surface area (Å²) in [6.45, 7) is 4.43. The topological polar surface area (TPSA) is 30.5 Å². The van der Waals surface area contributed by atoms with Gasteiger partial charge in [0.1, 0.15) is 24.8 Å². The van der Waals surface area contributed by atoms with E-state index in [-0.39, 0.29) is 6.61 Å². The molecule has 96 valence electrons. The summed E-state index contributed by atoms with van der Waals surface area (Å²) < 4.78 is 22.6. The molecular weight excluding hydrogens is 221 g/mol. The van der Waals surface area contributed by atoms with E-state index in [0.717, 1.165) is 5.56 Å². The van der Waals surface area contributed by atoms with Crippen molar-refractivity contribution in [1.29, 1.82) is 0 Å². The highest BCUT2D eigenvalue weighted by molar-refractivity contribution is 5.40. The number of rotatable bonds is 7. The number of nitrogens with one attached hydrogen (secondary N) is 1. The molecule has 4 heteroatoms. The van der Waals surface area contributed by atoms with E-state index >= 15 is 0 Å². The summed E-state index contributed by atoms with van der Waals surface area (Å²) in [4.78, 5) is 0. The summed E-state index contributed by atoms with van der Waals surface area (Å²) in [5.74, 6) is 1.39. The molecule has 0 saturated carbocycles. The van der Waals surface area contributed by atoms with Crippen molar-refractivity contribution >= 4 is 0 Å². The van der Waals surface area contributed by atoms with Crippen molar-refractivity contribution in [1.82, 2.24) is 5.32 Å². The van der Waals surface area contributed by atoms with Gasteiger partial charge in [-0.15, -0.1) is 0 Å². The van der Waals surface area contributed by atoms with Gasteiger partial charge in [-0.05, 0) is 6.07 Å². The molecule has 0 aliphatic rings. The molecule has 0 spiro atoms. The van der Waals surface area contributed by atoms with E-state index in [2.05, 4.69) is 19.2 Å². The summed E-state index contributed by atoms with van der Waals surface area (Å²) in [5.41, 5.74) is 1.01. The average Bonchev–Trinajstić information content (AvgIpc) is 2.34. The van der Waals surface area contributed by atoms with Crippen molar-refractivity contribution in [3.63, 3.8) is 0 Å². The number of alkyl halides is 1. The maximum atomic E-state index is 12.1. The SMILES string of the molecule is COc1ccc(CNC(C)C)c(OCCF)c1. The standard InChI is InChI=1S/C13H20FNO2/c1-10(2)15-9-11-4-5-12(16-3)8-13(11)17-7-6-14/h4-5,8,10,15H,6-7,9H2,1-3H3. The molecule has 0 aliphatic heterocycles. The van der Waals surface area contributed by atoms with Crippen LogP contribution in [-0.4, -0.2) is 26.4 Å². The lowest BCUT2D eigenvalue weighted by Gasteiger charge is -2.14. The van der Waals surface area contributed by atoms with Gasteiger partial charge in [-0.25, -0.2) is 4.39 Å². The Balaban J connectivity index is 2.78. The Bertz CT molecular complexity index is 342. The molecule has 0 radical (unpaired) electrons. The van der Waals surface area contributed by atoms with Crippen molar-refractivity contribution in [2.75, 3.05) is 20.4 Å². The Labute approximate surface area is 102 Å². The molecule has 0 aromatic heterocycles. The highest BCUT2D eigenvalue weighted by Crippen LogP contribution is 2.24. The van der Waals surface area contributed by atoms with Gasteiger partial charge >= 0.3 is 0 Å². The lowest BCUT2D eigenvalue weighted by atomic mass is 10.2. The van der Waals surface area contributed by atoms with Crippen LogP contribution in [-0.2, 0) is 6.54 Å². The van der Waals surface area contributed by atoms with Gasteiger partial charge in [-0.2, -0.15) is 0 Å². The Morgan fingerprint density at radius 2 is 2.12 bits per heavy atom. The largest absolute Gasteiger partial charge is 0.497 e. The molecule has 17 heavy (non-hydrogen) atoms. The van der Waals surface area contributed by atoms with E-state index < -0.39 is 6.67 Å². The van der Waals surface area contributed by atoms with Crippen LogP contribution < -0.4 is 14.8 Å². The van der Waals surface area contributed by atoms with Gasteiger partial charge in [0.2, 0.25) is 0 Å². The van der Waals surface area contributed by atoms with Crippen LogP contribution in [0.25, 0.3) is 0 Å². The smallest absolute Gasteiger partial charge is 0.127 e. The average molecular weight is 241 g/mol. The second kappa shape index (κ2) is 7.12. The summed E-state index contributed by atoms with van der Waals surface area (Å²) in [6, 6.07) is 5.99. The summed E-state index contributed by atoms with van der Waals surface area (Å²) >= 11 is 0. The number of hydrogen-bond acceptors (Lipinski definition) is 3. The van der Waals surface area contributed by atoms with Crippen LogP contribution in [0.4, 0.5) is 4.39 Å². The normalized spacial score (nSPS) is 10.6. The van der Waals surface area contributed by atoms with Gasteiger partial charge in [0.25, 0.3) is 0 Å². The van der Waals surface area contributed by atoms with Crippen LogP contribution in [0.15, 0.2) is 18.2 Å². The van der Waals surface area contributed by atoms with Crippen LogP contribution in [0.5, 0.6) is 11.5 Å². The zero-order chi connectivity index (χ0) is 12.7. The van der Waals surface area contributed by atoms with Gasteiger partial charge in [0, 0.05) is 24.2 Å². The third kappa shape index (κ3) is 4.61. The molecule has 0 bridgehead atoms. The zero-order valence-corrected chi connectivity index (χ0v) is 10.6. The fraction of sp³-hybridized carbons (Fsp3) is 0.538. The van der Waals surface area contributed by atoms with E-state index in [0.29, 0.717) is 24.1 Å². The minimum atomic E-state index is -0.492. The maximum absolute atomic E-state index is 12.1. The first-order chi connectivity index (χ1) is 8.17. The quantitative estimate of drug-likeness (QED) is 0.795. The lowest BCUT2D eigenvalue weighted by molar-refractivity contribution is 0.269. The van der Waals surface area contributed by atoms with E-state index in [1.807, 2.05) is 12.1 Å². The summed E-state index contributed by atoms with van der Waals surface area (Å²) in [7, 11) is 1.60. The van der Waals surface area contributed by atoms with Crippen molar-refractivity contribution in [2.45, 2.75) is 26.4 Å². The lowest BCUT2D eigenvalue weighted by Crippen LogP contribution is -2.22. The molecule has 3 nitrogen and oxygen atoms in total. The molecule has 0 atom stereocenters. The molecule has 1 aromatic carbocycles. The van der Waals surface area contributed by atoms with Crippen LogP contribution >= 0.6 is 0 Å². The highest BCUT2D eigenvalue weighted by atomic mass is 19.1. The Kier molecular flexibility index (Phi) is 5.77. The van der Waals surface area contributed by atoms with E-state index in [1.54, 1.807) is 13.2 Å². The predicted octanol–water partition coefficient (Wildman–Crippen LogP) is 2.54. The molecule has 1 aromatic rings. The van der Waals surface area contributed by atoms with Gasteiger partial charge in [-0.3, -0.25) is 0 Å². The van der Waals surface area contributed by atoms with Gasteiger partial charge in [0.05, 0.1) is 7.11 Å². The number of halogens is 1. The van der Waals surface area contributed by atoms with Crippen molar-refractivity contribution in [3.05, 3.63) is 23.8 Å². The van der Waals surface area contributed by atoms with E-state index in [4.69, 9.17) is 9.47 Å². The van der Waals surface area contributed by atoms with Crippen molar-refractivity contribution in [2.24, 2.45) is 0 Å². The summed E-state index contributed by atoms with van der Waals surface area (Å²) in [5, 5.41) is 3.30. The predicted molar refractivity (Wildman–Crippen MR) is 66.4 cm³/mol. The first-order valence-electron chi connectivity index (χ1n) is 5.76. The van der Waals surface area contributed by atoms with E-state index in [1.165, 1.54) is 0 Å². The highest BCUT2D eigenvalue weighted by Gasteiger charge is 2.06. The number of benzene rings is 1. The molecule has 0 unspecified atom stereocenters. The molecule has 0 amide bonds. The Morgan fingerprint density at radius 3 is 2.71 bits per heavy atom. The monoisotopic (exact) mass is 241 g/mol. The van der Waals surface area contributed by atoms with Crippen LogP contribution in [0.1, 0.15) is 19.4 Å². The van der Waals surface area contributed by atoms with Gasteiger partial charge in [0.15, 0.2) is 0 Å². The maximum Gasteiger partial charge on any atom is 0.127 e. The fourth-order valence-corrected chi connectivity index (χ4v) is 1.40. The van der Waals surface area contributed by atoms with Crippen LogP contribution in [0.2, 0.25) is 0 Å². The number of methoxy groups -OCH3 is 1. The summed E-state index contributed by atoms with van der Waals surface area (Å²) in [6.07, 6.45) is 0. The van der Waals surface area contributed by atoms with Gasteiger partial charge < -0.3 is 14.8 Å². The Hall–Kier alpha value is -1.29. The number of hydrogen-bond donors (Lipinski definition) is 1. The molecule has 0 heterocycles. The second-order valence-electron chi connectivity index (χ2n) is 4.05. The molecule has 1 rings (SSSR count). The van der Waals surface area contributed by atoms with Gasteiger partial charge in [-0.1, -0.05) is 19.9 Å². The molecular formula is C13H20FNO2. The van der Waals surface area contributed by atoms with Crippen molar-refractivity contribution < 1.29 is 13.9 Å². The third-order valence-electron chi connectivity index (χ3n) is 2.31.